The van der Waals surface area contributed by atoms with Crippen LogP contribution in [0.1, 0.15) is 32.8 Å². The van der Waals surface area contributed by atoms with Crippen LogP contribution in [0.2, 0.25) is 10.0 Å². The van der Waals surface area contributed by atoms with Crippen LogP contribution >= 0.6 is 23.2 Å². The lowest BCUT2D eigenvalue weighted by atomic mass is 9.80. The monoisotopic (exact) mass is 395 g/mol. The predicted molar refractivity (Wildman–Crippen MR) is 96.7 cm³/mol. The molecular formula is C16H24Cl2FN3O3. The zero-order chi connectivity index (χ0) is 18.7. The molecule has 1 aromatic carbocycles. The number of hydrogen-bond acceptors (Lipinski definition) is 4. The number of halogens is 3. The van der Waals surface area contributed by atoms with Crippen LogP contribution in [0.25, 0.3) is 0 Å². The standard InChI is InChI=1S/C8H14FN3O2.C7H6Cl2O.CH4/c1-4-2-3-7(12,5(10)13)8(4,9)6(11)14;8-6-2-1-5(4-10)3-7(6)9;/h4H,2-3,12H2,1H3,(H2,10,13)(H2,11,14);1-3,10H,4H2;1H4/t4?,7-,8+;;/m1../s1. The number of benzene rings is 1. The van der Waals surface area contributed by atoms with Gasteiger partial charge in [-0.1, -0.05) is 43.6 Å². The van der Waals surface area contributed by atoms with Gasteiger partial charge in [-0.15, -0.1) is 0 Å². The fourth-order valence-electron chi connectivity index (χ4n) is 2.67. The molecule has 9 heteroatoms. The number of carbonyl (C=O) groups excluding carboxylic acids is 2. The second-order valence-corrected chi connectivity index (χ2v) is 6.57. The average molecular weight is 396 g/mol. The van der Waals surface area contributed by atoms with Crippen molar-refractivity contribution in [2.75, 3.05) is 0 Å². The van der Waals surface area contributed by atoms with Crippen LogP contribution in [0.15, 0.2) is 18.2 Å². The molecule has 1 aliphatic rings. The van der Waals surface area contributed by atoms with E-state index in [2.05, 4.69) is 0 Å². The number of primary amides is 2. The number of aliphatic hydroxyl groups excluding tert-OH is 1. The highest BCUT2D eigenvalue weighted by atomic mass is 35.5. The van der Waals surface area contributed by atoms with Crippen LogP contribution in [0, 0.1) is 5.92 Å². The van der Waals surface area contributed by atoms with Gasteiger partial charge in [0.15, 0.2) is 0 Å². The highest BCUT2D eigenvalue weighted by Gasteiger charge is 2.65. The van der Waals surface area contributed by atoms with Gasteiger partial charge in [-0.05, 0) is 30.5 Å². The van der Waals surface area contributed by atoms with Gasteiger partial charge >= 0.3 is 0 Å². The lowest BCUT2D eigenvalue weighted by Gasteiger charge is -2.33. The molecule has 0 saturated heterocycles. The number of amides is 2. The summed E-state index contributed by atoms with van der Waals surface area (Å²) in [4.78, 5) is 22.1. The van der Waals surface area contributed by atoms with E-state index in [-0.39, 0.29) is 20.5 Å². The quantitative estimate of drug-likeness (QED) is 0.621. The van der Waals surface area contributed by atoms with E-state index in [1.807, 2.05) is 0 Å². The van der Waals surface area contributed by atoms with Crippen molar-refractivity contribution in [3.63, 3.8) is 0 Å². The highest BCUT2D eigenvalue weighted by Crippen LogP contribution is 2.44. The third-order valence-corrected chi connectivity index (χ3v) is 5.00. The minimum absolute atomic E-state index is 0. The first-order valence-corrected chi connectivity index (χ1v) is 7.88. The second-order valence-electron chi connectivity index (χ2n) is 5.76. The highest BCUT2D eigenvalue weighted by molar-refractivity contribution is 6.42. The topological polar surface area (TPSA) is 132 Å². The molecule has 1 saturated carbocycles. The Kier molecular flexibility index (Phi) is 8.30. The molecular weight excluding hydrogens is 372 g/mol. The number of alkyl halides is 1. The maximum Gasteiger partial charge on any atom is 0.257 e. The Labute approximate surface area is 156 Å². The Hall–Kier alpha value is -1.41. The summed E-state index contributed by atoms with van der Waals surface area (Å²) in [7, 11) is 0. The van der Waals surface area contributed by atoms with Gasteiger partial charge in [0, 0.05) is 5.92 Å². The predicted octanol–water partition coefficient (Wildman–Crippen LogP) is 1.91. The van der Waals surface area contributed by atoms with E-state index in [9.17, 15) is 14.0 Å². The maximum atomic E-state index is 14.2. The summed E-state index contributed by atoms with van der Waals surface area (Å²) < 4.78 is 14.2. The summed E-state index contributed by atoms with van der Waals surface area (Å²) >= 11 is 11.3. The van der Waals surface area contributed by atoms with Gasteiger partial charge in [0.25, 0.3) is 5.91 Å². The van der Waals surface area contributed by atoms with Gasteiger partial charge in [-0.25, -0.2) is 4.39 Å². The zero-order valence-corrected chi connectivity index (χ0v) is 14.6. The number of carbonyl (C=O) groups is 2. The average Bonchev–Trinajstić information content (AvgIpc) is 2.77. The summed E-state index contributed by atoms with van der Waals surface area (Å²) in [6.07, 6.45) is 0.363. The van der Waals surface area contributed by atoms with Crippen molar-refractivity contribution in [2.45, 2.75) is 45.0 Å². The van der Waals surface area contributed by atoms with Gasteiger partial charge in [0.05, 0.1) is 16.7 Å². The van der Waals surface area contributed by atoms with Crippen molar-refractivity contribution in [3.8, 4) is 0 Å². The molecule has 0 bridgehead atoms. The fraction of sp³-hybridized carbons (Fsp3) is 0.500. The van der Waals surface area contributed by atoms with E-state index in [1.54, 1.807) is 18.2 Å². The van der Waals surface area contributed by atoms with Gasteiger partial charge in [-0.2, -0.15) is 0 Å². The minimum Gasteiger partial charge on any atom is -0.392 e. The molecule has 2 rings (SSSR count). The first-order chi connectivity index (χ1) is 11.0. The van der Waals surface area contributed by atoms with E-state index < -0.39 is 28.9 Å². The molecule has 0 heterocycles. The van der Waals surface area contributed by atoms with Gasteiger partial charge in [-0.3, -0.25) is 9.59 Å². The van der Waals surface area contributed by atoms with Gasteiger partial charge < -0.3 is 22.3 Å². The largest absolute Gasteiger partial charge is 0.392 e. The number of rotatable bonds is 3. The van der Waals surface area contributed by atoms with Gasteiger partial charge in [0.2, 0.25) is 11.6 Å². The Morgan fingerprint density at radius 1 is 1.28 bits per heavy atom. The molecule has 0 radical (unpaired) electrons. The molecule has 0 aromatic heterocycles. The minimum atomic E-state index is -2.53. The maximum absolute atomic E-state index is 14.2. The molecule has 6 nitrogen and oxygen atoms in total. The summed E-state index contributed by atoms with van der Waals surface area (Å²) in [5.74, 6) is -2.93. The molecule has 25 heavy (non-hydrogen) atoms. The van der Waals surface area contributed by atoms with Crippen LogP contribution in [0.4, 0.5) is 4.39 Å². The van der Waals surface area contributed by atoms with E-state index in [1.165, 1.54) is 6.92 Å². The Bertz CT molecular complexity index is 647. The third kappa shape index (κ3) is 4.41. The third-order valence-electron chi connectivity index (χ3n) is 4.26. The zero-order valence-electron chi connectivity index (χ0n) is 13.1. The number of aliphatic hydroxyl groups is 1. The van der Waals surface area contributed by atoms with E-state index >= 15 is 0 Å². The summed E-state index contributed by atoms with van der Waals surface area (Å²) in [6.45, 7) is 1.49. The lowest BCUT2D eigenvalue weighted by Crippen LogP contribution is -2.68. The number of nitrogens with two attached hydrogens (primary N) is 3. The summed E-state index contributed by atoms with van der Waals surface area (Å²) in [6, 6.07) is 5.04. The van der Waals surface area contributed by atoms with Crippen molar-refractivity contribution >= 4 is 35.0 Å². The normalized spacial score (nSPS) is 27.7. The molecule has 1 unspecified atom stereocenters. The van der Waals surface area contributed by atoms with Gasteiger partial charge in [0.1, 0.15) is 5.54 Å². The molecule has 7 N–H and O–H groups in total. The Morgan fingerprint density at radius 3 is 2.20 bits per heavy atom. The Morgan fingerprint density at radius 2 is 1.84 bits per heavy atom. The van der Waals surface area contributed by atoms with E-state index in [4.69, 9.17) is 45.5 Å². The van der Waals surface area contributed by atoms with Crippen LogP contribution < -0.4 is 17.2 Å². The molecule has 1 fully saturated rings. The molecule has 142 valence electrons. The van der Waals surface area contributed by atoms with Crippen LogP contribution in [0.5, 0.6) is 0 Å². The van der Waals surface area contributed by atoms with Crippen molar-refractivity contribution in [1.82, 2.24) is 0 Å². The first-order valence-electron chi connectivity index (χ1n) is 7.13. The fourth-order valence-corrected chi connectivity index (χ4v) is 2.99. The lowest BCUT2D eigenvalue weighted by molar-refractivity contribution is -0.143. The van der Waals surface area contributed by atoms with Crippen molar-refractivity contribution in [2.24, 2.45) is 23.1 Å². The van der Waals surface area contributed by atoms with Crippen LogP contribution in [-0.4, -0.2) is 28.1 Å². The SMILES string of the molecule is C.CC1CC[C@@](N)(C(N)=O)[C@@]1(F)C(N)=O.OCc1ccc(Cl)c(Cl)c1. The van der Waals surface area contributed by atoms with Crippen molar-refractivity contribution in [3.05, 3.63) is 33.8 Å². The first kappa shape index (κ1) is 23.6. The molecule has 0 spiro atoms. The molecule has 0 aliphatic heterocycles. The molecule has 1 aliphatic carbocycles. The van der Waals surface area contributed by atoms with Crippen molar-refractivity contribution < 1.29 is 19.1 Å². The molecule has 2 amide bonds. The second kappa shape index (κ2) is 8.80. The van der Waals surface area contributed by atoms with Crippen LogP contribution in [0.3, 0.4) is 0 Å². The van der Waals surface area contributed by atoms with E-state index in [0.717, 1.165) is 5.56 Å². The molecule has 3 atom stereocenters. The summed E-state index contributed by atoms with van der Waals surface area (Å²) in [5.41, 5.74) is 11.7. The number of hydrogen-bond donors (Lipinski definition) is 4. The molecule has 1 aromatic rings. The van der Waals surface area contributed by atoms with Crippen molar-refractivity contribution in [1.29, 1.82) is 0 Å². The summed E-state index contributed by atoms with van der Waals surface area (Å²) in [5, 5.41) is 9.64. The Balaban J connectivity index is 0.000000465. The smallest absolute Gasteiger partial charge is 0.257 e. The van der Waals surface area contributed by atoms with E-state index in [0.29, 0.717) is 16.5 Å². The van der Waals surface area contributed by atoms with Crippen LogP contribution in [-0.2, 0) is 16.2 Å².